The van der Waals surface area contributed by atoms with Crippen molar-refractivity contribution in [3.05, 3.63) is 41.7 Å². The molecule has 1 atom stereocenters. The monoisotopic (exact) mass is 318 g/mol. The van der Waals surface area contributed by atoms with Gasteiger partial charge in [0.15, 0.2) is 11.6 Å². The van der Waals surface area contributed by atoms with Crippen LogP contribution in [0.5, 0.6) is 5.75 Å². The van der Waals surface area contributed by atoms with Gasteiger partial charge < -0.3 is 4.74 Å². The van der Waals surface area contributed by atoms with Crippen molar-refractivity contribution in [1.82, 2.24) is 20.1 Å². The highest BCUT2D eigenvalue weighted by molar-refractivity contribution is 5.31. The number of nitrogens with zero attached hydrogens (tertiary/aromatic N) is 3. The summed E-state index contributed by atoms with van der Waals surface area (Å²) >= 11 is 0. The molecule has 0 unspecified atom stereocenters. The quantitative estimate of drug-likeness (QED) is 0.860. The molecule has 9 heteroatoms. The van der Waals surface area contributed by atoms with E-state index in [2.05, 4.69) is 15.4 Å². The summed E-state index contributed by atoms with van der Waals surface area (Å²) in [6, 6.07) is 1.11. The van der Waals surface area contributed by atoms with Gasteiger partial charge >= 0.3 is 6.18 Å². The number of rotatable bonds is 5. The van der Waals surface area contributed by atoms with Crippen LogP contribution in [0.4, 0.5) is 17.6 Å². The number of nitrogens with one attached hydrogen (secondary N) is 1. The average Bonchev–Trinajstić information content (AvgIpc) is 2.83. The molecule has 22 heavy (non-hydrogen) atoms. The van der Waals surface area contributed by atoms with Crippen LogP contribution in [0.3, 0.4) is 0 Å². The Bertz CT molecular complexity index is 641. The summed E-state index contributed by atoms with van der Waals surface area (Å²) in [4.78, 5) is 3.84. The van der Waals surface area contributed by atoms with Crippen molar-refractivity contribution in [3.8, 4) is 5.75 Å². The number of methoxy groups -OCH3 is 1. The highest BCUT2D eigenvalue weighted by atomic mass is 19.4. The van der Waals surface area contributed by atoms with E-state index in [0.29, 0.717) is 5.82 Å². The van der Waals surface area contributed by atoms with Gasteiger partial charge in [0, 0.05) is 7.05 Å². The van der Waals surface area contributed by atoms with E-state index in [1.165, 1.54) is 24.2 Å². The van der Waals surface area contributed by atoms with Gasteiger partial charge in [-0.3, -0.25) is 10.00 Å². The van der Waals surface area contributed by atoms with Crippen molar-refractivity contribution < 1.29 is 22.3 Å². The fraction of sp³-hybridized carbons (Fsp3) is 0.385. The number of hydrogen-bond donors (Lipinski definition) is 1. The Hall–Kier alpha value is -2.16. The van der Waals surface area contributed by atoms with Gasteiger partial charge in [0.25, 0.3) is 0 Å². The molecule has 0 aliphatic carbocycles. The molecule has 2 aromatic rings. The number of alkyl halides is 3. The fourth-order valence-electron chi connectivity index (χ4n) is 1.96. The number of halogens is 4. The number of benzene rings is 1. The Morgan fingerprint density at radius 3 is 2.59 bits per heavy atom. The van der Waals surface area contributed by atoms with Gasteiger partial charge in [-0.2, -0.15) is 18.3 Å². The molecule has 0 spiro atoms. The molecule has 0 fully saturated rings. The van der Waals surface area contributed by atoms with Crippen LogP contribution in [0.15, 0.2) is 24.5 Å². The smallest absolute Gasteiger partial charge is 0.407 e. The van der Waals surface area contributed by atoms with Crippen molar-refractivity contribution in [3.63, 3.8) is 0 Å². The van der Waals surface area contributed by atoms with E-state index in [4.69, 9.17) is 4.74 Å². The summed E-state index contributed by atoms with van der Waals surface area (Å²) in [5, 5.41) is 6.10. The molecule has 0 amide bonds. The van der Waals surface area contributed by atoms with Crippen molar-refractivity contribution in [2.45, 2.75) is 18.8 Å². The van der Waals surface area contributed by atoms with Crippen molar-refractivity contribution in [2.75, 3.05) is 7.11 Å². The zero-order valence-corrected chi connectivity index (χ0v) is 11.9. The van der Waals surface area contributed by atoms with Gasteiger partial charge in [-0.25, -0.2) is 9.37 Å². The van der Waals surface area contributed by atoms with Crippen molar-refractivity contribution in [2.24, 2.45) is 7.05 Å². The van der Waals surface area contributed by atoms with Gasteiger partial charge in [-0.05, 0) is 17.7 Å². The molecule has 0 aliphatic rings. The van der Waals surface area contributed by atoms with Crippen LogP contribution in [0.2, 0.25) is 0 Å². The maximum Gasteiger partial charge on any atom is 0.407 e. The minimum Gasteiger partial charge on any atom is -0.494 e. The summed E-state index contributed by atoms with van der Waals surface area (Å²) in [7, 11) is 2.81. The third kappa shape index (κ3) is 3.53. The van der Waals surface area contributed by atoms with Crippen LogP contribution < -0.4 is 10.1 Å². The largest absolute Gasteiger partial charge is 0.494 e. The van der Waals surface area contributed by atoms with Crippen LogP contribution in [-0.2, 0) is 13.6 Å². The third-order valence-electron chi connectivity index (χ3n) is 3.11. The number of hydrogen-bond acceptors (Lipinski definition) is 4. The maximum absolute atomic E-state index is 13.6. The molecule has 0 radical (unpaired) electrons. The molecule has 0 saturated carbocycles. The molecule has 120 valence electrons. The van der Waals surface area contributed by atoms with Gasteiger partial charge in [-0.1, -0.05) is 6.07 Å². The second kappa shape index (κ2) is 6.30. The van der Waals surface area contributed by atoms with Crippen LogP contribution in [0, 0.1) is 5.82 Å². The maximum atomic E-state index is 13.6. The Morgan fingerprint density at radius 2 is 2.09 bits per heavy atom. The number of aromatic nitrogens is 3. The third-order valence-corrected chi connectivity index (χ3v) is 3.11. The van der Waals surface area contributed by atoms with Crippen LogP contribution in [0.25, 0.3) is 0 Å². The summed E-state index contributed by atoms with van der Waals surface area (Å²) < 4.78 is 59.3. The van der Waals surface area contributed by atoms with Gasteiger partial charge in [0.1, 0.15) is 18.2 Å². The van der Waals surface area contributed by atoms with E-state index < -0.39 is 18.0 Å². The lowest BCUT2D eigenvalue weighted by molar-refractivity contribution is -0.158. The van der Waals surface area contributed by atoms with Crippen LogP contribution in [-0.4, -0.2) is 28.1 Å². The first-order valence-corrected chi connectivity index (χ1v) is 6.29. The van der Waals surface area contributed by atoms with Crippen molar-refractivity contribution in [1.29, 1.82) is 0 Å². The van der Waals surface area contributed by atoms with Gasteiger partial charge in [-0.15, -0.1) is 0 Å². The van der Waals surface area contributed by atoms with Crippen LogP contribution >= 0.6 is 0 Å². The summed E-state index contributed by atoms with van der Waals surface area (Å²) in [5.74, 6) is -0.629. The predicted molar refractivity (Wildman–Crippen MR) is 69.6 cm³/mol. The van der Waals surface area contributed by atoms with E-state index in [1.807, 2.05) is 0 Å². The molecular weight excluding hydrogens is 304 g/mol. The topological polar surface area (TPSA) is 52.0 Å². The molecule has 0 saturated heterocycles. The van der Waals surface area contributed by atoms with E-state index in [1.54, 1.807) is 7.05 Å². The van der Waals surface area contributed by atoms with Crippen molar-refractivity contribution >= 4 is 0 Å². The normalized spacial score (nSPS) is 13.2. The Balaban J connectivity index is 2.23. The first-order valence-electron chi connectivity index (χ1n) is 6.29. The predicted octanol–water partition coefficient (Wildman–Crippen LogP) is 2.36. The summed E-state index contributed by atoms with van der Waals surface area (Å²) in [5.41, 5.74) is -0.243. The zero-order valence-electron chi connectivity index (χ0n) is 11.9. The van der Waals surface area contributed by atoms with E-state index in [-0.39, 0.29) is 17.9 Å². The Labute approximate surface area is 123 Å². The molecule has 1 heterocycles. The first kappa shape index (κ1) is 16.2. The number of ether oxygens (including phenoxy) is 1. The molecule has 5 nitrogen and oxygen atoms in total. The second-order valence-electron chi connectivity index (χ2n) is 4.55. The van der Waals surface area contributed by atoms with Gasteiger partial charge in [0.05, 0.1) is 13.7 Å². The molecule has 2 rings (SSSR count). The molecule has 1 aromatic carbocycles. The fourth-order valence-corrected chi connectivity index (χ4v) is 1.96. The SMILES string of the molecule is COc1ccc([C@H](NCc2ncnn2C)C(F)(F)F)cc1F. The van der Waals surface area contributed by atoms with E-state index in [0.717, 1.165) is 12.1 Å². The number of aryl methyl sites for hydroxylation is 1. The second-order valence-corrected chi connectivity index (χ2v) is 4.55. The summed E-state index contributed by atoms with van der Waals surface area (Å²) in [6.07, 6.45) is -3.34. The molecule has 1 aromatic heterocycles. The van der Waals surface area contributed by atoms with Crippen LogP contribution in [0.1, 0.15) is 17.4 Å². The highest BCUT2D eigenvalue weighted by Crippen LogP contribution is 2.34. The lowest BCUT2D eigenvalue weighted by Gasteiger charge is -2.22. The minimum absolute atomic E-state index is 0.113. The summed E-state index contributed by atoms with van der Waals surface area (Å²) in [6.45, 7) is -0.158. The molecule has 0 bridgehead atoms. The van der Waals surface area contributed by atoms with E-state index in [9.17, 15) is 17.6 Å². The lowest BCUT2D eigenvalue weighted by Crippen LogP contribution is -2.34. The molecule has 1 N–H and O–H groups in total. The highest BCUT2D eigenvalue weighted by Gasteiger charge is 2.41. The first-order chi connectivity index (χ1) is 10.3. The molecular formula is C13H14F4N4O. The Kier molecular flexibility index (Phi) is 4.65. The molecule has 0 aliphatic heterocycles. The average molecular weight is 318 g/mol. The van der Waals surface area contributed by atoms with E-state index >= 15 is 0 Å². The minimum atomic E-state index is -4.58. The van der Waals surface area contributed by atoms with Gasteiger partial charge in [0.2, 0.25) is 0 Å². The standard InChI is InChI=1S/C13H14F4N4O/c1-21-11(19-7-20-21)6-18-12(13(15,16)17)8-3-4-10(22-2)9(14)5-8/h3-5,7,12,18H,6H2,1-2H3/t12-/m0/s1. The lowest BCUT2D eigenvalue weighted by atomic mass is 10.1. The Morgan fingerprint density at radius 1 is 1.36 bits per heavy atom. The zero-order chi connectivity index (χ0) is 16.3.